The molecule has 2 radical (unpaired) electrons. The molecule has 1 unspecified atom stereocenters. The van der Waals surface area contributed by atoms with Crippen molar-refractivity contribution in [1.29, 1.82) is 0 Å². The monoisotopic (exact) mass is 162 g/mol. The van der Waals surface area contributed by atoms with E-state index in [1.807, 2.05) is 0 Å². The summed E-state index contributed by atoms with van der Waals surface area (Å²) >= 11 is 0. The van der Waals surface area contributed by atoms with Gasteiger partial charge in [0.25, 0.3) is 0 Å². The summed E-state index contributed by atoms with van der Waals surface area (Å²) in [7, 11) is 3.54. The van der Waals surface area contributed by atoms with E-state index in [2.05, 4.69) is 7.85 Å². The van der Waals surface area contributed by atoms with Gasteiger partial charge in [0.15, 0.2) is 7.85 Å². The molecule has 10 heavy (non-hydrogen) atoms. The van der Waals surface area contributed by atoms with E-state index in [0.717, 1.165) is 0 Å². The van der Waals surface area contributed by atoms with E-state index in [9.17, 15) is 26.3 Å². The third-order valence-corrected chi connectivity index (χ3v) is 0.625. The maximum Gasteiger partial charge on any atom is 0.424 e. The van der Waals surface area contributed by atoms with Gasteiger partial charge in [-0.1, -0.05) is 0 Å². The van der Waals surface area contributed by atoms with Gasteiger partial charge in [-0.2, -0.15) is 13.2 Å². The molecular formula is C3HBF6. The Bertz CT molecular complexity index is 97.1. The zero-order valence-electron chi connectivity index (χ0n) is 4.42. The predicted molar refractivity (Wildman–Crippen MR) is 21.7 cm³/mol. The molecule has 0 aromatic rings. The highest BCUT2D eigenvalue weighted by molar-refractivity contribution is 6.13. The zero-order valence-corrected chi connectivity index (χ0v) is 4.42. The van der Waals surface area contributed by atoms with E-state index in [1.54, 1.807) is 0 Å². The standard InChI is InChI=1S/C3HBF6/c4-2(6,7)1(5)3(8,9)10/h1H. The Kier molecular flexibility index (Phi) is 2.27. The molecule has 0 N–H and O–H groups in total. The number of rotatable bonds is 1. The first kappa shape index (κ1) is 9.64. The van der Waals surface area contributed by atoms with Crippen LogP contribution in [0.25, 0.3) is 0 Å². The lowest BCUT2D eigenvalue weighted by atomic mass is 9.93. The van der Waals surface area contributed by atoms with Gasteiger partial charge in [-0.3, -0.25) is 0 Å². The normalized spacial score (nSPS) is 17.0. The van der Waals surface area contributed by atoms with Crippen LogP contribution in [0.3, 0.4) is 0 Å². The first-order valence-electron chi connectivity index (χ1n) is 2.03. The van der Waals surface area contributed by atoms with Crippen molar-refractivity contribution in [3.05, 3.63) is 0 Å². The van der Waals surface area contributed by atoms with Gasteiger partial charge in [0.05, 0.1) is 0 Å². The summed E-state index contributed by atoms with van der Waals surface area (Å²) in [6.45, 7) is 0. The van der Waals surface area contributed by atoms with E-state index < -0.39 is 18.2 Å². The topological polar surface area (TPSA) is 0 Å². The smallest absolute Gasteiger partial charge is 0.232 e. The highest BCUT2D eigenvalue weighted by Crippen LogP contribution is 2.32. The van der Waals surface area contributed by atoms with Gasteiger partial charge < -0.3 is 0 Å². The van der Waals surface area contributed by atoms with Crippen molar-refractivity contribution in [2.24, 2.45) is 0 Å². The van der Waals surface area contributed by atoms with Crippen molar-refractivity contribution in [2.75, 3.05) is 0 Å². The second kappa shape index (κ2) is 2.36. The summed E-state index contributed by atoms with van der Waals surface area (Å²) in [4.78, 5) is 0. The van der Waals surface area contributed by atoms with Crippen LogP contribution >= 0.6 is 0 Å². The van der Waals surface area contributed by atoms with E-state index in [-0.39, 0.29) is 0 Å². The van der Waals surface area contributed by atoms with E-state index >= 15 is 0 Å². The van der Waals surface area contributed by atoms with Gasteiger partial charge in [-0.05, 0) is 0 Å². The minimum Gasteiger partial charge on any atom is -0.232 e. The zero-order chi connectivity index (χ0) is 8.58. The molecule has 0 saturated heterocycles. The molecule has 0 amide bonds. The fourth-order valence-electron chi connectivity index (χ4n) is 0.218. The molecule has 0 fully saturated rings. The van der Waals surface area contributed by atoms with Crippen LogP contribution in [0.5, 0.6) is 0 Å². The Balaban J connectivity index is 4.23. The molecule has 58 valence electrons. The van der Waals surface area contributed by atoms with Gasteiger partial charge in [-0.25, -0.2) is 13.2 Å². The van der Waals surface area contributed by atoms with Gasteiger partial charge in [0.2, 0.25) is 12.0 Å². The molecule has 0 heterocycles. The van der Waals surface area contributed by atoms with Crippen molar-refractivity contribution in [3.63, 3.8) is 0 Å². The molecule has 0 rings (SSSR count). The Labute approximate surface area is 53.6 Å². The average molecular weight is 162 g/mol. The van der Waals surface area contributed by atoms with Crippen LogP contribution in [0.15, 0.2) is 0 Å². The molecule has 0 aliphatic rings. The molecular weight excluding hydrogens is 161 g/mol. The highest BCUT2D eigenvalue weighted by atomic mass is 19.4. The van der Waals surface area contributed by atoms with Crippen molar-refractivity contribution in [1.82, 2.24) is 0 Å². The molecule has 7 heteroatoms. The minimum atomic E-state index is -5.60. The SMILES string of the molecule is [B]C(F)(F)C(F)C(F)(F)F. The number of halogens is 6. The van der Waals surface area contributed by atoms with E-state index in [4.69, 9.17) is 0 Å². The second-order valence-corrected chi connectivity index (χ2v) is 1.58. The average Bonchev–Trinajstić information content (AvgIpc) is 1.59. The molecule has 0 nitrogen and oxygen atoms in total. The predicted octanol–water partition coefficient (Wildman–Crippen LogP) is 1.65. The highest BCUT2D eigenvalue weighted by Gasteiger charge is 2.52. The Morgan fingerprint density at radius 3 is 1.30 bits per heavy atom. The molecule has 0 aromatic carbocycles. The fourth-order valence-corrected chi connectivity index (χ4v) is 0.218. The lowest BCUT2D eigenvalue weighted by Gasteiger charge is -2.18. The van der Waals surface area contributed by atoms with Crippen molar-refractivity contribution in [3.8, 4) is 0 Å². The van der Waals surface area contributed by atoms with Crippen LogP contribution < -0.4 is 0 Å². The van der Waals surface area contributed by atoms with Gasteiger partial charge in [-0.15, -0.1) is 0 Å². The summed E-state index contributed by atoms with van der Waals surface area (Å²) in [6.07, 6.45) is -9.89. The second-order valence-electron chi connectivity index (χ2n) is 1.58. The van der Waals surface area contributed by atoms with Crippen LogP contribution in [0.4, 0.5) is 26.3 Å². The maximum atomic E-state index is 11.4. The molecule has 0 aromatic heterocycles. The van der Waals surface area contributed by atoms with Crippen LogP contribution in [0.2, 0.25) is 0 Å². The Morgan fingerprint density at radius 1 is 1.00 bits per heavy atom. The minimum absolute atomic E-state index is 3.54. The lowest BCUT2D eigenvalue weighted by molar-refractivity contribution is -0.222. The van der Waals surface area contributed by atoms with Crippen LogP contribution in [-0.2, 0) is 0 Å². The third kappa shape index (κ3) is 2.49. The van der Waals surface area contributed by atoms with E-state index in [1.165, 1.54) is 0 Å². The lowest BCUT2D eigenvalue weighted by Crippen LogP contribution is -2.41. The Morgan fingerprint density at radius 2 is 1.30 bits per heavy atom. The summed E-state index contributed by atoms with van der Waals surface area (Å²) in [5.74, 6) is -4.85. The molecule has 0 aliphatic heterocycles. The van der Waals surface area contributed by atoms with Gasteiger partial charge in [0.1, 0.15) is 0 Å². The largest absolute Gasteiger partial charge is 0.424 e. The third-order valence-electron chi connectivity index (χ3n) is 0.625. The summed E-state index contributed by atoms with van der Waals surface area (Å²) in [6, 6.07) is 0. The van der Waals surface area contributed by atoms with Crippen LogP contribution in [0, 0.1) is 0 Å². The van der Waals surface area contributed by atoms with Crippen molar-refractivity contribution < 1.29 is 26.3 Å². The van der Waals surface area contributed by atoms with Gasteiger partial charge in [0, 0.05) is 0 Å². The summed E-state index contributed by atoms with van der Waals surface area (Å²) in [5.41, 5.74) is 0. The number of hydrogen-bond donors (Lipinski definition) is 0. The van der Waals surface area contributed by atoms with Crippen LogP contribution in [-0.4, -0.2) is 26.0 Å². The Hall–Kier alpha value is -0.355. The maximum absolute atomic E-state index is 11.4. The quantitative estimate of drug-likeness (QED) is 0.406. The first-order valence-corrected chi connectivity index (χ1v) is 2.03. The summed E-state index contributed by atoms with van der Waals surface area (Å²) < 4.78 is 67.0. The van der Waals surface area contributed by atoms with Crippen molar-refractivity contribution in [2.45, 2.75) is 18.2 Å². The van der Waals surface area contributed by atoms with E-state index in [0.29, 0.717) is 0 Å². The van der Waals surface area contributed by atoms with Gasteiger partial charge >= 0.3 is 6.18 Å². The molecule has 1 atom stereocenters. The molecule has 0 spiro atoms. The van der Waals surface area contributed by atoms with Crippen LogP contribution in [0.1, 0.15) is 0 Å². The van der Waals surface area contributed by atoms with Crippen molar-refractivity contribution >= 4 is 7.85 Å². The molecule has 0 bridgehead atoms. The molecule has 0 aliphatic carbocycles. The fraction of sp³-hybridized carbons (Fsp3) is 1.00. The number of hydrogen-bond acceptors (Lipinski definition) is 0. The first-order chi connectivity index (χ1) is 4.15. The number of alkyl halides is 6. The molecule has 0 saturated carbocycles. The summed E-state index contributed by atoms with van der Waals surface area (Å²) in [5, 5.41) is 0.